The number of nitrogens with zero attached hydrogens (tertiary/aromatic N) is 1. The van der Waals surface area contributed by atoms with E-state index in [1.807, 2.05) is 18.2 Å². The maximum atomic E-state index is 11.9. The number of esters is 1. The van der Waals surface area contributed by atoms with Gasteiger partial charge in [0.05, 0.1) is 26.2 Å². The monoisotopic (exact) mass is 334 g/mol. The molecule has 1 aromatic carbocycles. The molecule has 0 N–H and O–H groups in total. The first kappa shape index (κ1) is 20.7. The number of hydrogen-bond donors (Lipinski definition) is 0. The molecule has 0 aliphatic carbocycles. The summed E-state index contributed by atoms with van der Waals surface area (Å²) in [5, 5.41) is 0. The van der Waals surface area contributed by atoms with E-state index in [1.54, 1.807) is 12.1 Å². The van der Waals surface area contributed by atoms with Gasteiger partial charge in [0.25, 0.3) is 0 Å². The molecule has 1 rings (SSSR count). The van der Waals surface area contributed by atoms with E-state index >= 15 is 0 Å². The number of rotatable bonds is 13. The molecule has 0 radical (unpaired) electrons. The second-order valence-corrected chi connectivity index (χ2v) is 7.36. The number of quaternary nitrogens is 1. The summed E-state index contributed by atoms with van der Waals surface area (Å²) in [5.41, 5.74) is 0.630. The number of carbonyl (C=O) groups is 1. The van der Waals surface area contributed by atoms with E-state index in [2.05, 4.69) is 21.0 Å². The van der Waals surface area contributed by atoms with Crippen molar-refractivity contribution in [1.29, 1.82) is 0 Å². The third-order valence-corrected chi connectivity index (χ3v) is 4.56. The minimum atomic E-state index is -0.220. The molecule has 3 heteroatoms. The fourth-order valence-corrected chi connectivity index (χ4v) is 2.83. The summed E-state index contributed by atoms with van der Waals surface area (Å²) in [6.07, 6.45) is 10.8. The van der Waals surface area contributed by atoms with Crippen molar-refractivity contribution in [1.82, 2.24) is 0 Å². The van der Waals surface area contributed by atoms with E-state index in [4.69, 9.17) is 4.74 Å². The van der Waals surface area contributed by atoms with Gasteiger partial charge in [-0.2, -0.15) is 0 Å². The van der Waals surface area contributed by atoms with Crippen LogP contribution >= 0.6 is 0 Å². The predicted molar refractivity (Wildman–Crippen MR) is 101 cm³/mol. The van der Waals surface area contributed by atoms with E-state index in [-0.39, 0.29) is 5.97 Å². The molecule has 24 heavy (non-hydrogen) atoms. The molecule has 0 unspecified atom stereocenters. The summed E-state index contributed by atoms with van der Waals surface area (Å²) in [5.74, 6) is -0.220. The van der Waals surface area contributed by atoms with Crippen LogP contribution in [0.3, 0.4) is 0 Å². The molecule has 0 fully saturated rings. The topological polar surface area (TPSA) is 26.3 Å². The fourth-order valence-electron chi connectivity index (χ4n) is 2.83. The maximum absolute atomic E-state index is 11.9. The van der Waals surface area contributed by atoms with Gasteiger partial charge < -0.3 is 9.22 Å². The van der Waals surface area contributed by atoms with Crippen LogP contribution in [0, 0.1) is 0 Å². The Balaban J connectivity index is 2.08. The zero-order valence-corrected chi connectivity index (χ0v) is 15.9. The van der Waals surface area contributed by atoms with Crippen LogP contribution in [-0.4, -0.2) is 44.2 Å². The van der Waals surface area contributed by atoms with Crippen LogP contribution in [0.5, 0.6) is 0 Å². The van der Waals surface area contributed by atoms with Crippen molar-refractivity contribution < 1.29 is 14.0 Å². The van der Waals surface area contributed by atoms with Crippen LogP contribution < -0.4 is 0 Å². The van der Waals surface area contributed by atoms with Crippen molar-refractivity contribution in [2.45, 2.75) is 58.3 Å². The summed E-state index contributed by atoms with van der Waals surface area (Å²) in [6, 6.07) is 9.21. The van der Waals surface area contributed by atoms with E-state index in [1.165, 1.54) is 51.4 Å². The first-order valence-corrected chi connectivity index (χ1v) is 9.59. The molecular weight excluding hydrogens is 298 g/mol. The van der Waals surface area contributed by atoms with E-state index < -0.39 is 0 Å². The first-order valence-electron chi connectivity index (χ1n) is 9.59. The van der Waals surface area contributed by atoms with Crippen molar-refractivity contribution in [3.63, 3.8) is 0 Å². The summed E-state index contributed by atoms with van der Waals surface area (Å²) < 4.78 is 6.31. The van der Waals surface area contributed by atoms with Gasteiger partial charge >= 0.3 is 5.97 Å². The molecule has 0 aromatic heterocycles. The second kappa shape index (κ2) is 12.1. The van der Waals surface area contributed by atoms with Gasteiger partial charge in [-0.25, -0.2) is 4.79 Å². The number of likely N-dealkylation sites (N-methyl/N-ethyl adjacent to an activating group) is 1. The van der Waals surface area contributed by atoms with Gasteiger partial charge in [-0.1, -0.05) is 63.6 Å². The Bertz CT molecular complexity index is 442. The smallest absolute Gasteiger partial charge is 0.338 e. The highest BCUT2D eigenvalue weighted by atomic mass is 16.5. The summed E-state index contributed by atoms with van der Waals surface area (Å²) >= 11 is 0. The lowest BCUT2D eigenvalue weighted by Crippen LogP contribution is -2.43. The molecule has 0 heterocycles. The normalized spacial score (nSPS) is 11.5. The minimum absolute atomic E-state index is 0.220. The van der Waals surface area contributed by atoms with Gasteiger partial charge in [-0.3, -0.25) is 0 Å². The summed E-state index contributed by atoms with van der Waals surface area (Å²) in [6.45, 7) is 4.77. The molecule has 0 spiro atoms. The Kier molecular flexibility index (Phi) is 10.4. The van der Waals surface area contributed by atoms with Gasteiger partial charge in [0.15, 0.2) is 0 Å². The largest absolute Gasteiger partial charge is 0.456 e. The highest BCUT2D eigenvalue weighted by molar-refractivity contribution is 5.89. The minimum Gasteiger partial charge on any atom is -0.456 e. The van der Waals surface area contributed by atoms with Gasteiger partial charge in [-0.15, -0.1) is 0 Å². The SMILES string of the molecule is CCCCCCCCCC[N+](C)(C)CCOC(=O)c1ccccc1. The lowest BCUT2D eigenvalue weighted by Gasteiger charge is -2.29. The molecule has 0 amide bonds. The molecule has 0 atom stereocenters. The molecular formula is C21H36NO2+. The van der Waals surface area contributed by atoms with E-state index in [9.17, 15) is 4.79 Å². The highest BCUT2D eigenvalue weighted by Crippen LogP contribution is 2.10. The molecule has 0 bridgehead atoms. The van der Waals surface area contributed by atoms with Gasteiger partial charge in [0.1, 0.15) is 13.2 Å². The van der Waals surface area contributed by atoms with Crippen LogP contribution in [0.2, 0.25) is 0 Å². The molecule has 3 nitrogen and oxygen atoms in total. The van der Waals surface area contributed by atoms with Gasteiger partial charge in [0.2, 0.25) is 0 Å². The van der Waals surface area contributed by atoms with Crippen LogP contribution in [0.15, 0.2) is 30.3 Å². The standard InChI is InChI=1S/C21H36NO2/c1-4-5-6-7-8-9-10-14-17-22(2,3)18-19-24-21(23)20-15-12-11-13-16-20/h11-13,15-16H,4-10,14,17-19H2,1-3H3/q+1. The van der Waals surface area contributed by atoms with Crippen molar-refractivity contribution in [3.8, 4) is 0 Å². The lowest BCUT2D eigenvalue weighted by molar-refractivity contribution is -0.890. The zero-order valence-electron chi connectivity index (χ0n) is 15.9. The molecule has 136 valence electrons. The Morgan fingerprint density at radius 2 is 1.46 bits per heavy atom. The quantitative estimate of drug-likeness (QED) is 0.286. The van der Waals surface area contributed by atoms with Crippen molar-refractivity contribution >= 4 is 5.97 Å². The van der Waals surface area contributed by atoms with Crippen LogP contribution in [-0.2, 0) is 4.74 Å². The highest BCUT2D eigenvalue weighted by Gasteiger charge is 2.16. The predicted octanol–water partition coefficient (Wildman–Crippen LogP) is 5.06. The van der Waals surface area contributed by atoms with E-state index in [0.29, 0.717) is 12.2 Å². The molecule has 1 aromatic rings. The fraction of sp³-hybridized carbons (Fsp3) is 0.667. The van der Waals surface area contributed by atoms with Crippen LogP contribution in [0.25, 0.3) is 0 Å². The molecule has 0 saturated heterocycles. The summed E-state index contributed by atoms with van der Waals surface area (Å²) in [7, 11) is 4.44. The number of carbonyl (C=O) groups excluding carboxylic acids is 1. The maximum Gasteiger partial charge on any atom is 0.338 e. The van der Waals surface area contributed by atoms with Gasteiger partial charge in [-0.05, 0) is 25.0 Å². The molecule has 0 saturated carbocycles. The van der Waals surface area contributed by atoms with Crippen LogP contribution in [0.1, 0.15) is 68.6 Å². The van der Waals surface area contributed by atoms with Gasteiger partial charge in [0, 0.05) is 0 Å². The van der Waals surface area contributed by atoms with E-state index in [0.717, 1.165) is 17.6 Å². The van der Waals surface area contributed by atoms with Crippen LogP contribution in [0.4, 0.5) is 0 Å². The molecule has 0 aliphatic heterocycles. The lowest BCUT2D eigenvalue weighted by atomic mass is 10.1. The molecule has 0 aliphatic rings. The third-order valence-electron chi connectivity index (χ3n) is 4.56. The number of unbranched alkanes of at least 4 members (excludes halogenated alkanes) is 7. The zero-order chi connectivity index (χ0) is 17.7. The Hall–Kier alpha value is -1.35. The number of hydrogen-bond acceptors (Lipinski definition) is 2. The second-order valence-electron chi connectivity index (χ2n) is 7.36. The van der Waals surface area contributed by atoms with Crippen molar-refractivity contribution in [2.75, 3.05) is 33.8 Å². The average molecular weight is 335 g/mol. The third kappa shape index (κ3) is 9.71. The number of benzene rings is 1. The average Bonchev–Trinajstić information content (AvgIpc) is 2.58. The summed E-state index contributed by atoms with van der Waals surface area (Å²) in [4.78, 5) is 11.9. The Labute approximate surface area is 148 Å². The number of ether oxygens (including phenoxy) is 1. The first-order chi connectivity index (χ1) is 11.5. The Morgan fingerprint density at radius 1 is 0.875 bits per heavy atom. The van der Waals surface area contributed by atoms with Crippen molar-refractivity contribution in [3.05, 3.63) is 35.9 Å². The van der Waals surface area contributed by atoms with Crippen molar-refractivity contribution in [2.24, 2.45) is 0 Å². The Morgan fingerprint density at radius 3 is 2.08 bits per heavy atom.